The average Bonchev–Trinajstić information content (AvgIpc) is 2.04. The van der Waals surface area contributed by atoms with Gasteiger partial charge in [-0.15, -0.1) is 11.6 Å². The lowest BCUT2D eigenvalue weighted by molar-refractivity contribution is 0.587. The Balaban J connectivity index is 3.08. The van der Waals surface area contributed by atoms with Gasteiger partial charge in [-0.2, -0.15) is 4.72 Å². The highest BCUT2D eigenvalue weighted by Gasteiger charge is 2.11. The van der Waals surface area contributed by atoms with Crippen molar-refractivity contribution in [1.82, 2.24) is 4.72 Å². The first-order valence-electron chi connectivity index (χ1n) is 3.68. The lowest BCUT2D eigenvalue weighted by Crippen LogP contribution is -2.22. The van der Waals surface area contributed by atoms with Crippen molar-refractivity contribution in [3.05, 3.63) is 29.8 Å². The van der Waals surface area contributed by atoms with Crippen LogP contribution in [0.25, 0.3) is 0 Å². The second kappa shape index (κ2) is 4.09. The summed E-state index contributed by atoms with van der Waals surface area (Å²) in [5, 5.41) is 0. The predicted octanol–water partition coefficient (Wildman–Crippen LogP) is 1.47. The van der Waals surface area contributed by atoms with Crippen molar-refractivity contribution in [1.29, 1.82) is 0 Å². The molecule has 0 radical (unpaired) electrons. The van der Waals surface area contributed by atoms with Crippen molar-refractivity contribution >= 4 is 21.6 Å². The van der Waals surface area contributed by atoms with Gasteiger partial charge in [-0.3, -0.25) is 0 Å². The second-order valence-electron chi connectivity index (χ2n) is 2.60. The Bertz CT molecular complexity index is 389. The fourth-order valence-electron chi connectivity index (χ4n) is 0.938. The van der Waals surface area contributed by atoms with Gasteiger partial charge in [-0.05, 0) is 24.6 Å². The van der Waals surface area contributed by atoms with Crippen molar-refractivity contribution in [3.63, 3.8) is 0 Å². The summed E-state index contributed by atoms with van der Waals surface area (Å²) in [4.78, 5) is 0.244. The number of benzene rings is 1. The molecule has 0 heterocycles. The monoisotopic (exact) mass is 219 g/mol. The minimum absolute atomic E-state index is 0.115. The van der Waals surface area contributed by atoms with Crippen LogP contribution in [0, 0.1) is 6.92 Å². The smallest absolute Gasteiger partial charge is 0.207 e. The molecule has 0 aromatic heterocycles. The van der Waals surface area contributed by atoms with E-state index in [1.54, 1.807) is 12.1 Å². The van der Waals surface area contributed by atoms with E-state index in [4.69, 9.17) is 11.6 Å². The lowest BCUT2D eigenvalue weighted by Gasteiger charge is -2.03. The third kappa shape index (κ3) is 2.69. The van der Waals surface area contributed by atoms with E-state index in [-0.39, 0.29) is 10.9 Å². The van der Waals surface area contributed by atoms with E-state index in [1.165, 1.54) is 6.07 Å². The van der Waals surface area contributed by atoms with Crippen LogP contribution in [0.3, 0.4) is 0 Å². The Hall–Kier alpha value is -0.580. The van der Waals surface area contributed by atoms with Gasteiger partial charge in [-0.25, -0.2) is 8.42 Å². The summed E-state index contributed by atoms with van der Waals surface area (Å²) < 4.78 is 25.0. The topological polar surface area (TPSA) is 46.2 Å². The second-order valence-corrected chi connectivity index (χ2v) is 4.63. The predicted molar refractivity (Wildman–Crippen MR) is 52.2 cm³/mol. The summed E-state index contributed by atoms with van der Waals surface area (Å²) in [6.45, 7) is 1.83. The van der Waals surface area contributed by atoms with Gasteiger partial charge in [0.15, 0.2) is 0 Å². The average molecular weight is 220 g/mol. The van der Waals surface area contributed by atoms with Gasteiger partial charge in [0.1, 0.15) is 0 Å². The summed E-state index contributed by atoms with van der Waals surface area (Å²) in [5.41, 5.74) is 0.900. The maximum atomic E-state index is 11.4. The molecule has 0 spiro atoms. The highest BCUT2D eigenvalue weighted by molar-refractivity contribution is 7.89. The first-order valence-corrected chi connectivity index (χ1v) is 5.70. The van der Waals surface area contributed by atoms with Gasteiger partial charge in [-0.1, -0.05) is 12.1 Å². The Morgan fingerprint density at radius 3 is 2.69 bits per heavy atom. The maximum absolute atomic E-state index is 11.4. The molecule has 5 heteroatoms. The van der Waals surface area contributed by atoms with Crippen molar-refractivity contribution in [2.75, 3.05) is 6.00 Å². The molecule has 1 rings (SSSR count). The summed E-state index contributed by atoms with van der Waals surface area (Å²) in [6, 6.07) is 6.53. The highest BCUT2D eigenvalue weighted by atomic mass is 35.5. The molecule has 3 nitrogen and oxygen atoms in total. The van der Waals surface area contributed by atoms with Crippen molar-refractivity contribution < 1.29 is 8.42 Å². The molecule has 0 saturated carbocycles. The highest BCUT2D eigenvalue weighted by Crippen LogP contribution is 2.10. The number of hydrogen-bond donors (Lipinski definition) is 1. The summed E-state index contributed by atoms with van der Waals surface area (Å²) in [5.74, 6) is 0. The Labute approximate surface area is 82.8 Å². The standard InChI is InChI=1S/C8H10ClNO2S/c1-7-3-2-4-8(5-7)13(11,12)10-6-9/h2-5,10H,6H2,1H3. The molecular weight excluding hydrogens is 210 g/mol. The minimum Gasteiger partial charge on any atom is -0.207 e. The van der Waals surface area contributed by atoms with Gasteiger partial charge >= 0.3 is 0 Å². The summed E-state index contributed by atoms with van der Waals surface area (Å²) in [6.07, 6.45) is 0. The molecule has 1 aromatic carbocycles. The Morgan fingerprint density at radius 1 is 1.46 bits per heavy atom. The Kier molecular flexibility index (Phi) is 3.30. The van der Waals surface area contributed by atoms with Crippen LogP contribution >= 0.6 is 11.6 Å². The van der Waals surface area contributed by atoms with E-state index in [0.29, 0.717) is 0 Å². The van der Waals surface area contributed by atoms with E-state index >= 15 is 0 Å². The van der Waals surface area contributed by atoms with Crippen LogP contribution in [-0.4, -0.2) is 14.4 Å². The van der Waals surface area contributed by atoms with Crippen molar-refractivity contribution in [3.8, 4) is 0 Å². The number of aryl methyl sites for hydroxylation is 1. The summed E-state index contributed by atoms with van der Waals surface area (Å²) in [7, 11) is -3.41. The van der Waals surface area contributed by atoms with Gasteiger partial charge in [0, 0.05) is 0 Å². The first kappa shape index (κ1) is 10.5. The Morgan fingerprint density at radius 2 is 2.15 bits per heavy atom. The van der Waals surface area contributed by atoms with Crippen LogP contribution in [0.5, 0.6) is 0 Å². The molecule has 1 aromatic rings. The molecule has 0 saturated heterocycles. The van der Waals surface area contributed by atoms with Crippen LogP contribution < -0.4 is 4.72 Å². The van der Waals surface area contributed by atoms with Crippen LogP contribution in [0.1, 0.15) is 5.56 Å². The zero-order valence-corrected chi connectivity index (χ0v) is 8.69. The van der Waals surface area contributed by atoms with E-state index in [9.17, 15) is 8.42 Å². The SMILES string of the molecule is Cc1cccc(S(=O)(=O)NCCl)c1. The maximum Gasteiger partial charge on any atom is 0.241 e. The van der Waals surface area contributed by atoms with Crippen LogP contribution in [0.4, 0.5) is 0 Å². The molecule has 0 amide bonds. The molecule has 72 valence electrons. The molecule has 13 heavy (non-hydrogen) atoms. The number of alkyl halides is 1. The van der Waals surface area contributed by atoms with Gasteiger partial charge in [0.2, 0.25) is 10.0 Å². The largest absolute Gasteiger partial charge is 0.241 e. The molecule has 0 aliphatic rings. The number of hydrogen-bond acceptors (Lipinski definition) is 2. The third-order valence-electron chi connectivity index (χ3n) is 1.54. The van der Waals surface area contributed by atoms with Crippen LogP contribution in [-0.2, 0) is 10.0 Å². The first-order chi connectivity index (χ1) is 6.06. The number of sulfonamides is 1. The number of rotatable bonds is 3. The molecule has 0 bridgehead atoms. The third-order valence-corrected chi connectivity index (χ3v) is 3.24. The van der Waals surface area contributed by atoms with E-state index < -0.39 is 10.0 Å². The zero-order valence-electron chi connectivity index (χ0n) is 7.12. The number of halogens is 1. The molecule has 0 aliphatic heterocycles. The van der Waals surface area contributed by atoms with Gasteiger partial charge in [0.25, 0.3) is 0 Å². The van der Waals surface area contributed by atoms with Crippen molar-refractivity contribution in [2.45, 2.75) is 11.8 Å². The fraction of sp³-hybridized carbons (Fsp3) is 0.250. The van der Waals surface area contributed by atoms with Gasteiger partial charge in [0.05, 0.1) is 10.9 Å². The van der Waals surface area contributed by atoms with E-state index in [2.05, 4.69) is 4.72 Å². The molecule has 0 atom stereocenters. The summed E-state index contributed by atoms with van der Waals surface area (Å²) >= 11 is 5.29. The molecule has 1 N–H and O–H groups in total. The molecule has 0 aliphatic carbocycles. The molecule has 0 fully saturated rings. The number of nitrogens with one attached hydrogen (secondary N) is 1. The van der Waals surface area contributed by atoms with Gasteiger partial charge < -0.3 is 0 Å². The quantitative estimate of drug-likeness (QED) is 0.618. The van der Waals surface area contributed by atoms with Crippen molar-refractivity contribution in [2.24, 2.45) is 0 Å². The molecule has 0 unspecified atom stereocenters. The lowest BCUT2D eigenvalue weighted by atomic mass is 10.2. The van der Waals surface area contributed by atoms with E-state index in [0.717, 1.165) is 5.56 Å². The zero-order chi connectivity index (χ0) is 9.90. The molecular formula is C8H10ClNO2S. The minimum atomic E-state index is -3.41. The van der Waals surface area contributed by atoms with E-state index in [1.807, 2.05) is 13.0 Å². The van der Waals surface area contributed by atoms with Crippen LogP contribution in [0.2, 0.25) is 0 Å². The normalized spacial score (nSPS) is 11.5. The van der Waals surface area contributed by atoms with Crippen LogP contribution in [0.15, 0.2) is 29.2 Å². The fourth-order valence-corrected chi connectivity index (χ4v) is 2.28.